The molecular weight excluding hydrogens is 309 g/mol. The fraction of sp³-hybridized carbons (Fsp3) is 0.0625. The molecule has 2 aromatic carbocycles. The lowest BCUT2D eigenvalue weighted by atomic mass is 10.1. The maximum absolute atomic E-state index is 13.1. The van der Waals surface area contributed by atoms with Crippen LogP contribution in [0.2, 0.25) is 0 Å². The Bertz CT molecular complexity index is 995. The van der Waals surface area contributed by atoms with Gasteiger partial charge in [0.2, 0.25) is 5.69 Å². The average molecular weight is 318 g/mol. The van der Waals surface area contributed by atoms with E-state index in [-0.39, 0.29) is 22.4 Å². The summed E-state index contributed by atoms with van der Waals surface area (Å²) in [5, 5.41) is 26.0. The van der Waals surface area contributed by atoms with Gasteiger partial charge in [-0.05, 0) is 18.2 Å². The monoisotopic (exact) mass is 318 g/mol. The van der Waals surface area contributed by atoms with Crippen LogP contribution in [0.4, 0.5) is 24.5 Å². The maximum Gasteiger partial charge on any atom is 0.416 e. The van der Waals surface area contributed by atoms with E-state index in [0.717, 1.165) is 12.1 Å². The molecule has 2 aromatic rings. The normalized spacial score (nSPS) is 21.9. The second kappa shape index (κ2) is 4.21. The summed E-state index contributed by atoms with van der Waals surface area (Å²) in [7, 11) is 0. The van der Waals surface area contributed by atoms with Crippen molar-refractivity contribution in [2.24, 2.45) is 0 Å². The maximum atomic E-state index is 13.1. The number of quaternary nitrogens is 1. The number of benzene rings is 2. The van der Waals surface area contributed by atoms with E-state index in [9.17, 15) is 23.6 Å². The van der Waals surface area contributed by atoms with Gasteiger partial charge < -0.3 is 10.4 Å². The van der Waals surface area contributed by atoms with Gasteiger partial charge in [0, 0.05) is 22.6 Å². The number of amidine groups is 1. The fourth-order valence-electron chi connectivity index (χ4n) is 2.92. The lowest BCUT2D eigenvalue weighted by Crippen LogP contribution is -2.50. The molecule has 116 valence electrons. The quantitative estimate of drug-likeness (QED) is 0.425. The topological polar surface area (TPSA) is 49.1 Å². The second-order valence-corrected chi connectivity index (χ2v) is 5.41. The number of rotatable bonds is 0. The number of hydroxylamine groups is 2. The predicted octanol–water partition coefficient (Wildman–Crippen LogP) is 2.30. The second-order valence-electron chi connectivity index (χ2n) is 5.41. The van der Waals surface area contributed by atoms with Gasteiger partial charge in [0.1, 0.15) is 6.20 Å². The molecule has 0 saturated heterocycles. The number of para-hydroxylation sites is 2. The molecule has 23 heavy (non-hydrogen) atoms. The largest absolute Gasteiger partial charge is 0.614 e. The zero-order valence-electron chi connectivity index (χ0n) is 11.5. The van der Waals surface area contributed by atoms with Crippen LogP contribution in [0, 0.1) is 10.4 Å². The third-order valence-corrected chi connectivity index (χ3v) is 4.03. The number of halogens is 3. The molecule has 0 spiro atoms. The Morgan fingerprint density at radius 2 is 1.74 bits per heavy atom. The highest BCUT2D eigenvalue weighted by molar-refractivity contribution is 6.18. The number of alkyl halides is 3. The SMILES string of the molecule is [O-][N+]1=C2C=c3cc(C(F)(F)F)ccc3=C[N+]2([O-])c2ccccc21. The van der Waals surface area contributed by atoms with Crippen LogP contribution >= 0.6 is 0 Å². The number of fused-ring (bicyclic) bond motifs is 4. The molecule has 7 heteroatoms. The molecule has 0 fully saturated rings. The van der Waals surface area contributed by atoms with E-state index in [1.54, 1.807) is 18.2 Å². The van der Waals surface area contributed by atoms with Gasteiger partial charge in [-0.3, -0.25) is 0 Å². The minimum Gasteiger partial charge on any atom is -0.614 e. The van der Waals surface area contributed by atoms with E-state index in [2.05, 4.69) is 0 Å². The van der Waals surface area contributed by atoms with Crippen LogP contribution in [0.25, 0.3) is 12.3 Å². The molecule has 4 nitrogen and oxygen atoms in total. The Hall–Kier alpha value is -2.64. The van der Waals surface area contributed by atoms with Crippen molar-refractivity contribution in [1.29, 1.82) is 0 Å². The lowest BCUT2D eigenvalue weighted by molar-refractivity contribution is -0.356. The molecule has 1 unspecified atom stereocenters. The van der Waals surface area contributed by atoms with Gasteiger partial charge in [0.05, 0.1) is 11.6 Å². The summed E-state index contributed by atoms with van der Waals surface area (Å²) in [6.45, 7) is 0. The van der Waals surface area contributed by atoms with E-state index in [1.165, 1.54) is 24.4 Å². The summed E-state index contributed by atoms with van der Waals surface area (Å²) < 4.78 is 37.8. The molecular formula is C16H9F3N2O2. The predicted molar refractivity (Wildman–Crippen MR) is 79.5 cm³/mol. The van der Waals surface area contributed by atoms with E-state index >= 15 is 0 Å². The number of nitrogens with zero attached hydrogens (tertiary/aromatic N) is 2. The minimum atomic E-state index is -4.48. The summed E-state index contributed by atoms with van der Waals surface area (Å²) in [5.41, 5.74) is -0.367. The molecule has 0 aromatic heterocycles. The van der Waals surface area contributed by atoms with Crippen molar-refractivity contribution in [3.05, 3.63) is 68.9 Å². The smallest absolute Gasteiger partial charge is 0.416 e. The van der Waals surface area contributed by atoms with Crippen molar-refractivity contribution in [1.82, 2.24) is 4.65 Å². The lowest BCUT2D eigenvalue weighted by Gasteiger charge is -2.30. The first-order valence-electron chi connectivity index (χ1n) is 6.77. The highest BCUT2D eigenvalue weighted by Gasteiger charge is 2.45. The molecule has 0 saturated carbocycles. The molecule has 2 aliphatic heterocycles. The average Bonchev–Trinajstić information content (AvgIpc) is 2.72. The first-order valence-corrected chi connectivity index (χ1v) is 6.77. The van der Waals surface area contributed by atoms with E-state index in [0.29, 0.717) is 9.96 Å². The van der Waals surface area contributed by atoms with Crippen molar-refractivity contribution in [3.8, 4) is 0 Å². The molecule has 2 aliphatic rings. The summed E-state index contributed by atoms with van der Waals surface area (Å²) in [5.74, 6) is -0.168. The number of hydrogen-bond acceptors (Lipinski definition) is 2. The van der Waals surface area contributed by atoms with Gasteiger partial charge in [0.25, 0.3) is 5.69 Å². The van der Waals surface area contributed by atoms with Gasteiger partial charge in [-0.1, -0.05) is 12.1 Å². The van der Waals surface area contributed by atoms with Crippen molar-refractivity contribution < 1.29 is 17.9 Å². The van der Waals surface area contributed by atoms with Gasteiger partial charge in [0.15, 0.2) is 0 Å². The number of hydrogen-bond donors (Lipinski definition) is 0. The first-order chi connectivity index (χ1) is 10.8. The Labute approximate surface area is 128 Å². The van der Waals surface area contributed by atoms with Crippen LogP contribution in [0.1, 0.15) is 5.56 Å². The van der Waals surface area contributed by atoms with Gasteiger partial charge in [-0.15, -0.1) is 4.74 Å². The Morgan fingerprint density at radius 1 is 1.00 bits per heavy atom. The highest BCUT2D eigenvalue weighted by Crippen LogP contribution is 2.40. The summed E-state index contributed by atoms with van der Waals surface area (Å²) in [4.78, 5) is 0. The summed E-state index contributed by atoms with van der Waals surface area (Å²) >= 11 is 0. The standard InChI is InChI=1S/C16H9F3N2O2/c17-16(18,19)12-6-5-10-9-21(23)14-4-2-1-3-13(14)20(22)15(21)8-11(10)7-12/h1-9H. The summed E-state index contributed by atoms with van der Waals surface area (Å²) in [6, 6.07) is 9.45. The minimum absolute atomic E-state index is 0.168. The first kappa shape index (κ1) is 14.0. The molecule has 4 rings (SSSR count). The Balaban J connectivity index is 2.03. The van der Waals surface area contributed by atoms with Crippen LogP contribution < -0.4 is 15.1 Å². The van der Waals surface area contributed by atoms with Crippen molar-refractivity contribution in [3.63, 3.8) is 0 Å². The Morgan fingerprint density at radius 3 is 2.48 bits per heavy atom. The zero-order chi connectivity index (χ0) is 16.4. The molecule has 0 N–H and O–H groups in total. The van der Waals surface area contributed by atoms with Crippen LogP contribution in [-0.2, 0) is 6.18 Å². The van der Waals surface area contributed by atoms with Crippen molar-refractivity contribution in [2.45, 2.75) is 6.18 Å². The van der Waals surface area contributed by atoms with Crippen LogP contribution in [0.3, 0.4) is 0 Å². The van der Waals surface area contributed by atoms with E-state index in [4.69, 9.17) is 0 Å². The summed E-state index contributed by atoms with van der Waals surface area (Å²) in [6.07, 6.45) is -2.00. The molecule has 1 atom stereocenters. The van der Waals surface area contributed by atoms with Gasteiger partial charge in [-0.25, -0.2) is 4.65 Å². The molecule has 0 amide bonds. The highest BCUT2D eigenvalue weighted by atomic mass is 19.4. The van der Waals surface area contributed by atoms with Crippen LogP contribution in [0.15, 0.2) is 42.5 Å². The molecule has 2 heterocycles. The van der Waals surface area contributed by atoms with Gasteiger partial charge >= 0.3 is 12.0 Å². The third kappa shape index (κ3) is 1.84. The molecule has 0 radical (unpaired) electrons. The van der Waals surface area contributed by atoms with Crippen LogP contribution in [0.5, 0.6) is 0 Å². The van der Waals surface area contributed by atoms with Crippen molar-refractivity contribution in [2.75, 3.05) is 0 Å². The van der Waals surface area contributed by atoms with E-state index < -0.39 is 16.4 Å². The third-order valence-electron chi connectivity index (χ3n) is 4.03. The van der Waals surface area contributed by atoms with E-state index in [1.807, 2.05) is 0 Å². The van der Waals surface area contributed by atoms with Crippen molar-refractivity contribution >= 4 is 29.5 Å². The molecule has 0 bridgehead atoms. The zero-order valence-corrected chi connectivity index (χ0v) is 11.5. The van der Waals surface area contributed by atoms with Gasteiger partial charge in [-0.2, -0.15) is 13.2 Å². The fourth-order valence-corrected chi connectivity index (χ4v) is 2.92. The molecule has 0 aliphatic carbocycles. The Kier molecular flexibility index (Phi) is 2.56. The van der Waals surface area contributed by atoms with Crippen LogP contribution in [-0.4, -0.2) is 10.6 Å².